The normalized spacial score (nSPS) is 12.5. The summed E-state index contributed by atoms with van der Waals surface area (Å²) in [4.78, 5) is 18.0. The molecule has 2 N–H and O–H groups in total. The molecule has 0 bridgehead atoms. The van der Waals surface area contributed by atoms with Crippen molar-refractivity contribution in [1.82, 2.24) is 9.97 Å². The van der Waals surface area contributed by atoms with Gasteiger partial charge >= 0.3 is 0 Å². The van der Waals surface area contributed by atoms with Gasteiger partial charge in [-0.25, -0.2) is 4.98 Å². The lowest BCUT2D eigenvalue weighted by Crippen LogP contribution is -2.12. The van der Waals surface area contributed by atoms with Crippen LogP contribution < -0.4 is 20.3 Å². The molecule has 2 heterocycles. The first kappa shape index (κ1) is 11.3. The van der Waals surface area contributed by atoms with E-state index in [1.165, 1.54) is 6.33 Å². The fourth-order valence-corrected chi connectivity index (χ4v) is 2.01. The number of hydrogen-bond donors (Lipinski definition) is 2. The van der Waals surface area contributed by atoms with E-state index in [-0.39, 0.29) is 12.4 Å². The maximum Gasteiger partial charge on any atom is 0.266 e. The zero-order chi connectivity index (χ0) is 12.5. The van der Waals surface area contributed by atoms with Gasteiger partial charge < -0.3 is 19.8 Å². The van der Waals surface area contributed by atoms with Crippen molar-refractivity contribution in [3.8, 4) is 11.5 Å². The molecule has 3 rings (SSSR count). The fraction of sp³-hybridized carbons (Fsp3) is 0.0909. The highest BCUT2D eigenvalue weighted by atomic mass is 127. The van der Waals surface area contributed by atoms with Crippen LogP contribution in [0.4, 0.5) is 11.5 Å². The van der Waals surface area contributed by atoms with Gasteiger partial charge in [0.2, 0.25) is 6.79 Å². The van der Waals surface area contributed by atoms with Crippen LogP contribution in [0.3, 0.4) is 0 Å². The third-order valence-corrected chi connectivity index (χ3v) is 3.43. The van der Waals surface area contributed by atoms with Gasteiger partial charge in [0.25, 0.3) is 5.56 Å². The Balaban J connectivity index is 1.93. The number of hydrogen-bond acceptors (Lipinski definition) is 5. The monoisotopic (exact) mass is 357 g/mol. The van der Waals surface area contributed by atoms with Gasteiger partial charge in [0.1, 0.15) is 3.57 Å². The molecule has 1 aromatic carbocycles. The average Bonchev–Trinajstić information content (AvgIpc) is 2.82. The second kappa shape index (κ2) is 4.48. The van der Waals surface area contributed by atoms with E-state index in [0.717, 1.165) is 5.69 Å². The molecule has 0 aliphatic carbocycles. The van der Waals surface area contributed by atoms with Gasteiger partial charge in [0.15, 0.2) is 17.3 Å². The smallest absolute Gasteiger partial charge is 0.266 e. The molecule has 0 saturated carbocycles. The number of anilines is 2. The molecule has 0 unspecified atom stereocenters. The Kier molecular flexibility index (Phi) is 2.82. The quantitative estimate of drug-likeness (QED) is 0.803. The van der Waals surface area contributed by atoms with Crippen molar-refractivity contribution in [1.29, 1.82) is 0 Å². The maximum absolute atomic E-state index is 11.4. The first-order valence-electron chi connectivity index (χ1n) is 5.14. The lowest BCUT2D eigenvalue weighted by molar-refractivity contribution is 0.174. The average molecular weight is 357 g/mol. The molecule has 7 heteroatoms. The van der Waals surface area contributed by atoms with Crippen molar-refractivity contribution in [3.63, 3.8) is 0 Å². The number of nitrogens with one attached hydrogen (secondary N) is 2. The lowest BCUT2D eigenvalue weighted by atomic mass is 10.3. The Morgan fingerprint density at radius 3 is 3.06 bits per heavy atom. The Hall–Kier alpha value is -1.77. The topological polar surface area (TPSA) is 76.2 Å². The van der Waals surface area contributed by atoms with Crippen molar-refractivity contribution >= 4 is 34.1 Å². The highest BCUT2D eigenvalue weighted by molar-refractivity contribution is 14.1. The van der Waals surface area contributed by atoms with Crippen LogP contribution in [0.15, 0.2) is 29.3 Å². The van der Waals surface area contributed by atoms with E-state index in [4.69, 9.17) is 9.47 Å². The van der Waals surface area contributed by atoms with Crippen molar-refractivity contribution < 1.29 is 9.47 Å². The molecule has 0 atom stereocenters. The van der Waals surface area contributed by atoms with Crippen molar-refractivity contribution in [2.75, 3.05) is 12.1 Å². The van der Waals surface area contributed by atoms with Crippen LogP contribution in [-0.4, -0.2) is 16.8 Å². The fourth-order valence-electron chi connectivity index (χ4n) is 1.58. The predicted molar refractivity (Wildman–Crippen MR) is 73.4 cm³/mol. The van der Waals surface area contributed by atoms with E-state index in [9.17, 15) is 4.79 Å². The van der Waals surface area contributed by atoms with Crippen LogP contribution in [0.5, 0.6) is 11.5 Å². The van der Waals surface area contributed by atoms with Crippen molar-refractivity contribution in [2.45, 2.75) is 0 Å². The first-order chi connectivity index (χ1) is 8.74. The summed E-state index contributed by atoms with van der Waals surface area (Å²) in [5.41, 5.74) is 0.615. The Bertz CT molecular complexity index is 656. The minimum atomic E-state index is -0.172. The minimum Gasteiger partial charge on any atom is -0.454 e. The Labute approximate surface area is 115 Å². The number of rotatable bonds is 2. The molecule has 0 radical (unpaired) electrons. The van der Waals surface area contributed by atoms with E-state index >= 15 is 0 Å². The predicted octanol–water partition coefficient (Wildman–Crippen LogP) is 1.85. The van der Waals surface area contributed by atoms with Gasteiger partial charge in [-0.2, -0.15) is 0 Å². The van der Waals surface area contributed by atoms with Gasteiger partial charge in [-0.05, 0) is 34.7 Å². The third-order valence-electron chi connectivity index (χ3n) is 2.43. The van der Waals surface area contributed by atoms with Gasteiger partial charge in [0, 0.05) is 11.8 Å². The number of ether oxygens (including phenoxy) is 2. The molecule has 6 nitrogen and oxygen atoms in total. The Morgan fingerprint density at radius 1 is 1.33 bits per heavy atom. The molecular formula is C11H8IN3O3. The number of benzene rings is 1. The molecule has 0 fully saturated rings. The molecule has 2 aromatic rings. The third kappa shape index (κ3) is 2.01. The molecular weight excluding hydrogens is 349 g/mol. The summed E-state index contributed by atoms with van der Waals surface area (Å²) in [6.45, 7) is 0.236. The molecule has 1 aromatic heterocycles. The highest BCUT2D eigenvalue weighted by Crippen LogP contribution is 2.35. The van der Waals surface area contributed by atoms with E-state index in [2.05, 4.69) is 15.3 Å². The van der Waals surface area contributed by atoms with Crippen LogP contribution >= 0.6 is 22.6 Å². The summed E-state index contributed by atoms with van der Waals surface area (Å²) >= 11 is 1.94. The van der Waals surface area contributed by atoms with Crippen LogP contribution in [-0.2, 0) is 0 Å². The molecule has 1 aliphatic heterocycles. The van der Waals surface area contributed by atoms with Gasteiger partial charge in [0.05, 0.1) is 6.33 Å². The SMILES string of the molecule is O=c1[nH]cnc(Nc2ccc3c(c2)OCO3)c1I. The molecule has 1 aliphatic rings. The zero-order valence-electron chi connectivity index (χ0n) is 9.07. The number of aromatic amines is 1. The number of H-pyrrole nitrogens is 1. The molecule has 0 spiro atoms. The molecule has 18 heavy (non-hydrogen) atoms. The lowest BCUT2D eigenvalue weighted by Gasteiger charge is -2.07. The van der Waals surface area contributed by atoms with E-state index in [1.54, 1.807) is 6.07 Å². The van der Waals surface area contributed by atoms with Gasteiger partial charge in [-0.3, -0.25) is 4.79 Å². The molecule has 0 amide bonds. The van der Waals surface area contributed by atoms with Crippen molar-refractivity contribution in [3.05, 3.63) is 38.5 Å². The summed E-state index contributed by atoms with van der Waals surface area (Å²) in [7, 11) is 0. The van der Waals surface area contributed by atoms with Crippen LogP contribution in [0.1, 0.15) is 0 Å². The van der Waals surface area contributed by atoms with Crippen molar-refractivity contribution in [2.24, 2.45) is 0 Å². The minimum absolute atomic E-state index is 0.172. The van der Waals surface area contributed by atoms with E-state index < -0.39 is 0 Å². The zero-order valence-corrected chi connectivity index (χ0v) is 11.2. The number of aromatic nitrogens is 2. The summed E-state index contributed by atoms with van der Waals surface area (Å²) < 4.78 is 11.0. The van der Waals surface area contributed by atoms with Crippen LogP contribution in [0, 0.1) is 3.57 Å². The molecule has 92 valence electrons. The summed E-state index contributed by atoms with van der Waals surface area (Å²) in [5.74, 6) is 1.91. The maximum atomic E-state index is 11.4. The molecule has 0 saturated heterocycles. The number of nitrogens with zero attached hydrogens (tertiary/aromatic N) is 1. The standard InChI is InChI=1S/C11H8IN3O3/c12-9-10(13-4-14-11(9)16)15-6-1-2-7-8(3-6)18-5-17-7/h1-4H,5H2,(H2,13,14,15,16). The summed E-state index contributed by atoms with van der Waals surface area (Å²) in [6.07, 6.45) is 1.36. The summed E-state index contributed by atoms with van der Waals surface area (Å²) in [6, 6.07) is 5.46. The second-order valence-corrected chi connectivity index (χ2v) is 4.67. The summed E-state index contributed by atoms with van der Waals surface area (Å²) in [5, 5.41) is 3.07. The Morgan fingerprint density at radius 2 is 2.17 bits per heavy atom. The van der Waals surface area contributed by atoms with Crippen LogP contribution in [0.2, 0.25) is 0 Å². The number of halogens is 1. The number of fused-ring (bicyclic) bond motifs is 1. The highest BCUT2D eigenvalue weighted by Gasteiger charge is 2.14. The van der Waals surface area contributed by atoms with E-state index in [1.807, 2.05) is 34.7 Å². The first-order valence-corrected chi connectivity index (χ1v) is 6.22. The van der Waals surface area contributed by atoms with E-state index in [0.29, 0.717) is 20.9 Å². The largest absolute Gasteiger partial charge is 0.454 e. The van der Waals surface area contributed by atoms with Crippen LogP contribution in [0.25, 0.3) is 0 Å². The van der Waals surface area contributed by atoms with Gasteiger partial charge in [-0.1, -0.05) is 0 Å². The van der Waals surface area contributed by atoms with Gasteiger partial charge in [-0.15, -0.1) is 0 Å². The second-order valence-electron chi connectivity index (χ2n) is 3.59.